The molecule has 9 nitrogen and oxygen atoms in total. The van der Waals surface area contributed by atoms with Crippen molar-refractivity contribution >= 4 is 29.3 Å². The highest BCUT2D eigenvalue weighted by Crippen LogP contribution is 2.54. The van der Waals surface area contributed by atoms with Crippen molar-refractivity contribution in [1.82, 2.24) is 9.55 Å². The van der Waals surface area contributed by atoms with E-state index in [1.165, 1.54) is 33.7 Å². The fourth-order valence-electron chi connectivity index (χ4n) is 4.70. The average Bonchev–Trinajstić information content (AvgIpc) is 3.36. The second kappa shape index (κ2) is 10.4. The zero-order valence-electron chi connectivity index (χ0n) is 18.4. The van der Waals surface area contributed by atoms with E-state index in [0.717, 1.165) is 5.57 Å². The Labute approximate surface area is 192 Å². The molecule has 0 amide bonds. The van der Waals surface area contributed by atoms with Crippen LogP contribution in [0.3, 0.4) is 0 Å². The monoisotopic (exact) mass is 464 g/mol. The highest BCUT2D eigenvalue weighted by molar-refractivity contribution is 7.80. The molecule has 0 spiro atoms. The van der Waals surface area contributed by atoms with E-state index in [0.29, 0.717) is 12.8 Å². The molecule has 2 bridgehead atoms. The van der Waals surface area contributed by atoms with Crippen molar-refractivity contribution in [2.75, 3.05) is 27.9 Å². The number of esters is 2. The Kier molecular flexibility index (Phi) is 7.81. The number of methoxy groups -OCH3 is 3. The Balaban J connectivity index is 1.97. The minimum Gasteiger partial charge on any atom is -0.469 e. The summed E-state index contributed by atoms with van der Waals surface area (Å²) in [4.78, 5) is 28.7. The largest absolute Gasteiger partial charge is 0.469 e. The molecular weight excluding hydrogens is 436 g/mol. The molecule has 174 valence electrons. The predicted octanol–water partition coefficient (Wildman–Crippen LogP) is 2.27. The van der Waals surface area contributed by atoms with E-state index < -0.39 is 23.7 Å². The van der Waals surface area contributed by atoms with Gasteiger partial charge in [-0.05, 0) is 25.1 Å². The molecule has 10 heteroatoms. The molecule has 1 saturated carbocycles. The minimum absolute atomic E-state index is 0.103. The SMILES string of the molecule is C=CCOC(=O)C1CC2C=C(CCC(=O)OC)C1C(OC)(OC)C2OC(=S)n1ccnc1. The first kappa shape index (κ1) is 24.1. The molecule has 0 aliphatic heterocycles. The lowest BCUT2D eigenvalue weighted by Crippen LogP contribution is -2.65. The molecule has 4 atom stereocenters. The van der Waals surface area contributed by atoms with Gasteiger partial charge < -0.3 is 23.7 Å². The van der Waals surface area contributed by atoms with Crippen LogP contribution in [0.25, 0.3) is 0 Å². The summed E-state index contributed by atoms with van der Waals surface area (Å²) in [5.41, 5.74) is 0.865. The van der Waals surface area contributed by atoms with Gasteiger partial charge in [-0.3, -0.25) is 14.2 Å². The molecule has 1 fully saturated rings. The topological polar surface area (TPSA) is 98.1 Å². The maximum Gasteiger partial charge on any atom is 0.310 e. The van der Waals surface area contributed by atoms with Crippen LogP contribution in [-0.4, -0.2) is 66.5 Å². The maximum absolute atomic E-state index is 12.9. The van der Waals surface area contributed by atoms with Crippen molar-refractivity contribution in [2.45, 2.75) is 31.2 Å². The molecule has 0 radical (unpaired) electrons. The van der Waals surface area contributed by atoms with Crippen molar-refractivity contribution in [2.24, 2.45) is 17.8 Å². The van der Waals surface area contributed by atoms with E-state index in [2.05, 4.69) is 11.6 Å². The Morgan fingerprint density at radius 2 is 2.09 bits per heavy atom. The van der Waals surface area contributed by atoms with E-state index in [4.69, 9.17) is 35.9 Å². The molecule has 0 aromatic carbocycles. The predicted molar refractivity (Wildman–Crippen MR) is 117 cm³/mol. The van der Waals surface area contributed by atoms with Crippen LogP contribution in [0.4, 0.5) is 0 Å². The Morgan fingerprint density at radius 3 is 2.69 bits per heavy atom. The summed E-state index contributed by atoms with van der Waals surface area (Å²) in [6, 6.07) is 0. The third-order valence-corrected chi connectivity index (χ3v) is 6.35. The van der Waals surface area contributed by atoms with Crippen LogP contribution in [0.2, 0.25) is 0 Å². The molecule has 3 aliphatic rings. The van der Waals surface area contributed by atoms with Crippen molar-refractivity contribution in [3.8, 4) is 0 Å². The van der Waals surface area contributed by atoms with Gasteiger partial charge in [-0.1, -0.05) is 24.3 Å². The fraction of sp³-hybridized carbons (Fsp3) is 0.545. The number of ether oxygens (including phenoxy) is 5. The summed E-state index contributed by atoms with van der Waals surface area (Å²) in [6.07, 6.45) is 8.77. The summed E-state index contributed by atoms with van der Waals surface area (Å²) < 4.78 is 29.8. The van der Waals surface area contributed by atoms with Gasteiger partial charge in [0.05, 0.1) is 18.9 Å². The molecule has 4 unspecified atom stereocenters. The highest BCUT2D eigenvalue weighted by atomic mass is 32.1. The third-order valence-electron chi connectivity index (χ3n) is 6.05. The molecular formula is C22H28N2O7S. The molecule has 0 saturated heterocycles. The number of nitrogens with zero attached hydrogens (tertiary/aromatic N) is 2. The van der Waals surface area contributed by atoms with Gasteiger partial charge in [0.25, 0.3) is 5.17 Å². The first-order valence-corrected chi connectivity index (χ1v) is 10.7. The van der Waals surface area contributed by atoms with Gasteiger partial charge in [0.15, 0.2) is 6.10 Å². The van der Waals surface area contributed by atoms with Crippen LogP contribution >= 0.6 is 12.2 Å². The number of carbonyl (C=O) groups excluding carboxylic acids is 2. The average molecular weight is 465 g/mol. The highest BCUT2D eigenvalue weighted by Gasteiger charge is 2.63. The zero-order valence-corrected chi connectivity index (χ0v) is 19.2. The third kappa shape index (κ3) is 4.48. The lowest BCUT2D eigenvalue weighted by Gasteiger charge is -2.55. The molecule has 0 N–H and O–H groups in total. The zero-order chi connectivity index (χ0) is 23.3. The molecule has 1 aromatic rings. The van der Waals surface area contributed by atoms with Gasteiger partial charge in [-0.25, -0.2) is 4.98 Å². The van der Waals surface area contributed by atoms with E-state index in [-0.39, 0.29) is 36.1 Å². The summed E-state index contributed by atoms with van der Waals surface area (Å²) in [5.74, 6) is -3.38. The molecule has 4 rings (SSSR count). The van der Waals surface area contributed by atoms with Crippen molar-refractivity contribution in [3.05, 3.63) is 43.0 Å². The molecule has 1 aromatic heterocycles. The summed E-state index contributed by atoms with van der Waals surface area (Å²) in [7, 11) is 4.35. The quantitative estimate of drug-likeness (QED) is 0.236. The van der Waals surface area contributed by atoms with E-state index in [1.54, 1.807) is 17.0 Å². The number of imidazole rings is 1. The van der Waals surface area contributed by atoms with Gasteiger partial charge in [-0.2, -0.15) is 0 Å². The van der Waals surface area contributed by atoms with Gasteiger partial charge in [0.2, 0.25) is 5.79 Å². The Hall–Kier alpha value is -2.56. The lowest BCUT2D eigenvalue weighted by atomic mass is 9.59. The van der Waals surface area contributed by atoms with Crippen molar-refractivity contribution < 1.29 is 33.3 Å². The van der Waals surface area contributed by atoms with Crippen molar-refractivity contribution in [3.63, 3.8) is 0 Å². The van der Waals surface area contributed by atoms with Gasteiger partial charge in [0, 0.05) is 39.0 Å². The first-order chi connectivity index (χ1) is 15.4. The van der Waals surface area contributed by atoms with Gasteiger partial charge >= 0.3 is 11.9 Å². The maximum atomic E-state index is 12.9. The van der Waals surface area contributed by atoms with Gasteiger partial charge in [0.1, 0.15) is 12.9 Å². The number of thiocarbonyl (C=S) groups is 1. The van der Waals surface area contributed by atoms with E-state index >= 15 is 0 Å². The smallest absolute Gasteiger partial charge is 0.310 e. The number of aromatic nitrogens is 2. The Bertz CT molecular complexity index is 879. The number of carbonyl (C=O) groups is 2. The van der Waals surface area contributed by atoms with Gasteiger partial charge in [-0.15, -0.1) is 0 Å². The fourth-order valence-corrected chi connectivity index (χ4v) is 4.91. The number of hydrogen-bond donors (Lipinski definition) is 0. The van der Waals surface area contributed by atoms with Crippen LogP contribution in [0.15, 0.2) is 43.0 Å². The van der Waals surface area contributed by atoms with Crippen LogP contribution < -0.4 is 0 Å². The summed E-state index contributed by atoms with van der Waals surface area (Å²) >= 11 is 5.44. The van der Waals surface area contributed by atoms with Crippen LogP contribution in [0, 0.1) is 17.8 Å². The van der Waals surface area contributed by atoms with E-state index in [1.807, 2.05) is 6.08 Å². The van der Waals surface area contributed by atoms with Crippen molar-refractivity contribution in [1.29, 1.82) is 0 Å². The molecule has 32 heavy (non-hydrogen) atoms. The number of rotatable bonds is 9. The number of hydrogen-bond acceptors (Lipinski definition) is 9. The molecule has 3 aliphatic carbocycles. The lowest BCUT2D eigenvalue weighted by molar-refractivity contribution is -0.311. The second-order valence-corrected chi connectivity index (χ2v) is 7.97. The van der Waals surface area contributed by atoms with E-state index in [9.17, 15) is 9.59 Å². The normalized spacial score (nSPS) is 25.5. The van der Waals surface area contributed by atoms with Crippen LogP contribution in [-0.2, 0) is 33.3 Å². The minimum atomic E-state index is -1.31. The second-order valence-electron chi connectivity index (χ2n) is 7.62. The first-order valence-electron chi connectivity index (χ1n) is 10.3. The molecule has 1 heterocycles. The van der Waals surface area contributed by atoms with Crippen LogP contribution in [0.5, 0.6) is 0 Å². The van der Waals surface area contributed by atoms with Crippen LogP contribution in [0.1, 0.15) is 19.3 Å². The summed E-state index contributed by atoms with van der Waals surface area (Å²) in [6.45, 7) is 3.70. The standard InChI is InChI=1S/C22H28N2O7S/c1-5-10-30-20(26)16-12-15-11-14(6-7-17(25)27-2)18(16)22(28-3,29-4)19(15)31-21(32)24-9-8-23-13-24/h5,8-9,11,13,15-16,18-19H,1,6-7,10,12H2,2-4H3. The number of fused-ring (bicyclic) bond motifs is 2. The summed E-state index contributed by atoms with van der Waals surface area (Å²) in [5, 5.41) is 0.189. The Morgan fingerprint density at radius 1 is 1.34 bits per heavy atom.